The van der Waals surface area contributed by atoms with E-state index in [1.54, 1.807) is 6.08 Å². The van der Waals surface area contributed by atoms with Gasteiger partial charge < -0.3 is 20.3 Å². The molecule has 0 fully saturated rings. The number of allylic oxidation sites excluding steroid dienone is 3. The van der Waals surface area contributed by atoms with Crippen LogP contribution in [0.25, 0.3) is 0 Å². The van der Waals surface area contributed by atoms with Crippen LogP contribution >= 0.6 is 0 Å². The second-order valence-electron chi connectivity index (χ2n) is 19.6. The molecule has 6 heteroatoms. The number of aliphatic hydroxyl groups excluding tert-OH is 2. The largest absolute Gasteiger partial charge is 0.466 e. The Bertz CT molecular complexity index is 997. The summed E-state index contributed by atoms with van der Waals surface area (Å²) in [6.07, 6.45) is 64.9. The van der Waals surface area contributed by atoms with E-state index in [0.29, 0.717) is 19.4 Å². The normalized spacial score (nSPS) is 12.8. The number of unbranched alkanes of at least 4 members (excludes halogenated alkanes) is 40. The van der Waals surface area contributed by atoms with Crippen molar-refractivity contribution in [3.63, 3.8) is 0 Å². The van der Waals surface area contributed by atoms with Gasteiger partial charge in [0.2, 0.25) is 5.91 Å². The van der Waals surface area contributed by atoms with Gasteiger partial charge in [-0.1, -0.05) is 269 Å². The van der Waals surface area contributed by atoms with E-state index in [1.165, 1.54) is 238 Å². The van der Waals surface area contributed by atoms with E-state index in [2.05, 4.69) is 31.3 Å². The predicted molar refractivity (Wildman–Crippen MR) is 278 cm³/mol. The fourth-order valence-electron chi connectivity index (χ4n) is 8.79. The van der Waals surface area contributed by atoms with Crippen molar-refractivity contribution < 1.29 is 24.5 Å². The Kier molecular flexibility index (Phi) is 52.6. The lowest BCUT2D eigenvalue weighted by molar-refractivity contribution is -0.143. The number of esters is 1. The van der Waals surface area contributed by atoms with Crippen LogP contribution in [0.5, 0.6) is 0 Å². The van der Waals surface area contributed by atoms with Crippen molar-refractivity contribution in [3.05, 3.63) is 24.3 Å². The SMILES string of the molecule is CCCC/C=C\CCCCCCCC(=O)OCCCCCCCCCCCCCCCCCCCCCCCCC(=O)NC(CO)C(O)/C=C/CCCCCCCCCCCCCC. The van der Waals surface area contributed by atoms with Crippen LogP contribution in [0.2, 0.25) is 0 Å². The van der Waals surface area contributed by atoms with E-state index < -0.39 is 12.1 Å². The molecule has 378 valence electrons. The van der Waals surface area contributed by atoms with Crippen molar-refractivity contribution in [1.82, 2.24) is 5.32 Å². The molecule has 0 spiro atoms. The van der Waals surface area contributed by atoms with Crippen molar-refractivity contribution in [1.29, 1.82) is 0 Å². The van der Waals surface area contributed by atoms with Crippen molar-refractivity contribution in [2.24, 2.45) is 0 Å². The van der Waals surface area contributed by atoms with Gasteiger partial charge in [0.25, 0.3) is 0 Å². The van der Waals surface area contributed by atoms with Gasteiger partial charge in [-0.25, -0.2) is 0 Å². The molecule has 0 rings (SSSR count). The van der Waals surface area contributed by atoms with E-state index in [4.69, 9.17) is 4.74 Å². The molecule has 0 saturated carbocycles. The minimum absolute atomic E-state index is 0.00151. The first-order valence-electron chi connectivity index (χ1n) is 28.6. The van der Waals surface area contributed by atoms with Gasteiger partial charge >= 0.3 is 5.97 Å². The average Bonchev–Trinajstić information content (AvgIpc) is 3.29. The number of amides is 1. The quantitative estimate of drug-likeness (QED) is 0.0321. The van der Waals surface area contributed by atoms with Crippen molar-refractivity contribution in [3.8, 4) is 0 Å². The molecule has 0 heterocycles. The van der Waals surface area contributed by atoms with Crippen LogP contribution in [0.1, 0.15) is 309 Å². The van der Waals surface area contributed by atoms with Gasteiger partial charge in [0.05, 0.1) is 25.4 Å². The molecule has 0 radical (unpaired) electrons. The molecule has 0 saturated heterocycles. The summed E-state index contributed by atoms with van der Waals surface area (Å²) in [4.78, 5) is 24.4. The second-order valence-corrected chi connectivity index (χ2v) is 19.6. The lowest BCUT2D eigenvalue weighted by Gasteiger charge is -2.20. The van der Waals surface area contributed by atoms with Crippen LogP contribution in [0, 0.1) is 0 Å². The van der Waals surface area contributed by atoms with Gasteiger partial charge in [-0.2, -0.15) is 0 Å². The number of carbonyl (C=O) groups excluding carboxylic acids is 2. The maximum atomic E-state index is 12.4. The fraction of sp³-hybridized carbons (Fsp3) is 0.897. The smallest absolute Gasteiger partial charge is 0.305 e. The fourth-order valence-corrected chi connectivity index (χ4v) is 8.79. The highest BCUT2D eigenvalue weighted by Gasteiger charge is 2.18. The predicted octanol–water partition coefficient (Wildman–Crippen LogP) is 17.5. The van der Waals surface area contributed by atoms with Crippen LogP contribution in [0.4, 0.5) is 0 Å². The van der Waals surface area contributed by atoms with E-state index in [0.717, 1.165) is 44.9 Å². The number of rotatable bonds is 53. The van der Waals surface area contributed by atoms with E-state index >= 15 is 0 Å². The van der Waals surface area contributed by atoms with Crippen molar-refractivity contribution >= 4 is 11.9 Å². The molecule has 2 atom stereocenters. The van der Waals surface area contributed by atoms with E-state index in [-0.39, 0.29) is 18.5 Å². The number of hydrogen-bond donors (Lipinski definition) is 3. The van der Waals surface area contributed by atoms with E-state index in [9.17, 15) is 19.8 Å². The Hall–Kier alpha value is -1.66. The summed E-state index contributed by atoms with van der Waals surface area (Å²) in [5.74, 6) is -0.0660. The molecule has 1 amide bonds. The average molecular weight is 903 g/mol. The van der Waals surface area contributed by atoms with Crippen LogP contribution in [-0.2, 0) is 14.3 Å². The van der Waals surface area contributed by atoms with Crippen molar-refractivity contribution in [2.75, 3.05) is 13.2 Å². The Labute approximate surface area is 399 Å². The molecule has 64 heavy (non-hydrogen) atoms. The molecule has 2 unspecified atom stereocenters. The monoisotopic (exact) mass is 902 g/mol. The van der Waals surface area contributed by atoms with Crippen LogP contribution < -0.4 is 5.32 Å². The number of nitrogens with one attached hydrogen (secondary N) is 1. The van der Waals surface area contributed by atoms with Gasteiger partial charge in [0.15, 0.2) is 0 Å². The second kappa shape index (κ2) is 54.0. The first-order valence-corrected chi connectivity index (χ1v) is 28.6. The summed E-state index contributed by atoms with van der Waals surface area (Å²) < 4.78 is 5.45. The van der Waals surface area contributed by atoms with Gasteiger partial charge in [-0.05, 0) is 51.4 Å². The molecule has 0 bridgehead atoms. The minimum Gasteiger partial charge on any atom is -0.466 e. The third-order valence-corrected chi connectivity index (χ3v) is 13.2. The molecule has 0 aromatic rings. The first-order chi connectivity index (χ1) is 31.5. The molecule has 0 aliphatic heterocycles. The summed E-state index contributed by atoms with van der Waals surface area (Å²) in [6, 6.07) is -0.627. The lowest BCUT2D eigenvalue weighted by Crippen LogP contribution is -2.45. The highest BCUT2D eigenvalue weighted by molar-refractivity contribution is 5.76. The number of aliphatic hydroxyl groups is 2. The third-order valence-electron chi connectivity index (χ3n) is 13.2. The highest BCUT2D eigenvalue weighted by Crippen LogP contribution is 2.17. The van der Waals surface area contributed by atoms with Gasteiger partial charge in [0, 0.05) is 12.8 Å². The summed E-state index contributed by atoms with van der Waals surface area (Å²) in [5.41, 5.74) is 0. The third kappa shape index (κ3) is 49.8. The molecule has 3 N–H and O–H groups in total. The van der Waals surface area contributed by atoms with Gasteiger partial charge in [0.1, 0.15) is 0 Å². The summed E-state index contributed by atoms with van der Waals surface area (Å²) in [7, 11) is 0. The van der Waals surface area contributed by atoms with Gasteiger partial charge in [-0.15, -0.1) is 0 Å². The molecular formula is C58H111NO5. The van der Waals surface area contributed by atoms with Crippen LogP contribution in [0.15, 0.2) is 24.3 Å². The summed E-state index contributed by atoms with van der Waals surface area (Å²) in [5, 5.41) is 23.1. The topological polar surface area (TPSA) is 95.9 Å². The molecule has 0 aromatic heterocycles. The van der Waals surface area contributed by atoms with Gasteiger partial charge in [-0.3, -0.25) is 9.59 Å². The summed E-state index contributed by atoms with van der Waals surface area (Å²) in [6.45, 7) is 4.87. The summed E-state index contributed by atoms with van der Waals surface area (Å²) >= 11 is 0. The molecule has 0 aromatic carbocycles. The Morgan fingerprint density at radius 2 is 0.750 bits per heavy atom. The Morgan fingerprint density at radius 3 is 1.16 bits per heavy atom. The zero-order valence-corrected chi connectivity index (χ0v) is 43.0. The highest BCUT2D eigenvalue weighted by atomic mass is 16.5. The molecule has 0 aliphatic carbocycles. The number of ether oxygens (including phenoxy) is 1. The Morgan fingerprint density at radius 1 is 0.422 bits per heavy atom. The Balaban J connectivity index is 3.40. The zero-order chi connectivity index (χ0) is 46.5. The standard InChI is InChI=1S/C58H111NO5/c1-3-5-7-9-11-13-15-16-27-31-34-38-42-46-50-56(61)55(54-60)59-57(62)51-47-43-39-35-32-28-25-23-21-19-17-18-20-22-24-26-29-33-37-41-45-49-53-64-58(63)52-48-44-40-36-30-14-12-10-8-6-4-2/h10,12,46,50,55-56,60-61H,3-9,11,13-45,47-49,51-54H2,1-2H3,(H,59,62)/b12-10-,50-46+. The number of carbonyl (C=O) groups is 2. The van der Waals surface area contributed by atoms with E-state index in [1.807, 2.05) is 6.08 Å². The zero-order valence-electron chi connectivity index (χ0n) is 43.0. The lowest BCUT2D eigenvalue weighted by atomic mass is 10.0. The van der Waals surface area contributed by atoms with Crippen molar-refractivity contribution in [2.45, 2.75) is 321 Å². The van der Waals surface area contributed by atoms with Crippen LogP contribution in [-0.4, -0.2) is 47.4 Å². The van der Waals surface area contributed by atoms with Crippen LogP contribution in [0.3, 0.4) is 0 Å². The molecular weight excluding hydrogens is 791 g/mol. The molecule has 6 nitrogen and oxygen atoms in total. The number of hydrogen-bond acceptors (Lipinski definition) is 5. The first kappa shape index (κ1) is 62.3. The maximum absolute atomic E-state index is 12.4. The minimum atomic E-state index is -0.843. The maximum Gasteiger partial charge on any atom is 0.305 e. The molecule has 0 aliphatic rings.